The molecule has 2 aromatic heterocycles. The number of hydrogen-bond acceptors (Lipinski definition) is 6. The van der Waals surface area contributed by atoms with Crippen LogP contribution in [0, 0.1) is 5.82 Å². The zero-order valence-electron chi connectivity index (χ0n) is 17.6. The fourth-order valence-electron chi connectivity index (χ4n) is 4.54. The van der Waals surface area contributed by atoms with E-state index in [9.17, 15) is 12.8 Å². The molecule has 2 heterocycles. The zero-order chi connectivity index (χ0) is 22.1. The first-order chi connectivity index (χ1) is 15.5. The Hall–Kier alpha value is -2.36. The Balaban J connectivity index is 1.23. The van der Waals surface area contributed by atoms with Gasteiger partial charge in [-0.2, -0.15) is 0 Å². The van der Waals surface area contributed by atoms with Crippen molar-refractivity contribution in [2.45, 2.75) is 61.9 Å². The van der Waals surface area contributed by atoms with Gasteiger partial charge in [-0.1, -0.05) is 6.07 Å². The lowest BCUT2D eigenvalue weighted by Gasteiger charge is -2.29. The molecule has 2 aliphatic carbocycles. The van der Waals surface area contributed by atoms with Crippen molar-refractivity contribution in [2.24, 2.45) is 0 Å². The number of thiazole rings is 1. The van der Waals surface area contributed by atoms with Gasteiger partial charge in [-0.05, 0) is 74.8 Å². The summed E-state index contributed by atoms with van der Waals surface area (Å²) in [5, 5.41) is 4.41. The predicted molar refractivity (Wildman–Crippen MR) is 124 cm³/mol. The number of pyridine rings is 1. The van der Waals surface area contributed by atoms with E-state index < -0.39 is 10.0 Å². The van der Waals surface area contributed by atoms with Crippen molar-refractivity contribution in [2.75, 3.05) is 5.32 Å². The van der Waals surface area contributed by atoms with E-state index in [1.165, 1.54) is 17.1 Å². The third kappa shape index (κ3) is 4.55. The molecule has 0 radical (unpaired) electrons. The van der Waals surface area contributed by atoms with Gasteiger partial charge in [0.2, 0.25) is 10.0 Å². The first-order valence-electron chi connectivity index (χ1n) is 11.0. The minimum atomic E-state index is -3.55. The van der Waals surface area contributed by atoms with Crippen molar-refractivity contribution < 1.29 is 12.8 Å². The molecular formula is C23H25FN4O2S2. The zero-order valence-corrected chi connectivity index (χ0v) is 19.2. The lowest BCUT2D eigenvalue weighted by Crippen LogP contribution is -2.40. The summed E-state index contributed by atoms with van der Waals surface area (Å²) in [6, 6.07) is 8.34. The summed E-state index contributed by atoms with van der Waals surface area (Å²) < 4.78 is 41.8. The number of nitrogens with zero attached hydrogens (tertiary/aromatic N) is 2. The van der Waals surface area contributed by atoms with Crippen LogP contribution in [0.2, 0.25) is 0 Å². The van der Waals surface area contributed by atoms with Crippen LogP contribution >= 0.6 is 11.3 Å². The van der Waals surface area contributed by atoms with Gasteiger partial charge in [0.25, 0.3) is 0 Å². The third-order valence-electron chi connectivity index (χ3n) is 6.20. The van der Waals surface area contributed by atoms with Gasteiger partial charge < -0.3 is 5.32 Å². The lowest BCUT2D eigenvalue weighted by atomic mass is 9.92. The van der Waals surface area contributed by atoms with Gasteiger partial charge in [0.05, 0.1) is 5.69 Å². The van der Waals surface area contributed by atoms with Crippen LogP contribution in [-0.2, 0) is 22.9 Å². The van der Waals surface area contributed by atoms with E-state index in [2.05, 4.69) is 15.0 Å². The molecule has 32 heavy (non-hydrogen) atoms. The Morgan fingerprint density at radius 2 is 1.88 bits per heavy atom. The van der Waals surface area contributed by atoms with Gasteiger partial charge in [0.15, 0.2) is 5.13 Å². The van der Waals surface area contributed by atoms with Gasteiger partial charge in [0, 0.05) is 34.9 Å². The van der Waals surface area contributed by atoms with Crippen LogP contribution in [0.5, 0.6) is 0 Å². The quantitative estimate of drug-likeness (QED) is 0.570. The second-order valence-corrected chi connectivity index (χ2v) is 11.2. The number of aromatic nitrogens is 2. The molecule has 5 rings (SSSR count). The maximum absolute atomic E-state index is 13.9. The van der Waals surface area contributed by atoms with E-state index in [0.29, 0.717) is 0 Å². The molecule has 0 saturated heterocycles. The summed E-state index contributed by atoms with van der Waals surface area (Å²) in [7, 11) is -3.55. The van der Waals surface area contributed by atoms with E-state index in [-0.39, 0.29) is 22.8 Å². The van der Waals surface area contributed by atoms with E-state index in [0.717, 1.165) is 66.9 Å². The van der Waals surface area contributed by atoms with Crippen molar-refractivity contribution in [3.8, 4) is 11.3 Å². The first-order valence-corrected chi connectivity index (χ1v) is 13.3. The molecule has 1 fully saturated rings. The minimum Gasteiger partial charge on any atom is -0.359 e. The largest absolute Gasteiger partial charge is 0.359 e. The molecule has 0 amide bonds. The van der Waals surface area contributed by atoms with Crippen molar-refractivity contribution in [3.63, 3.8) is 0 Å². The van der Waals surface area contributed by atoms with Crippen LogP contribution in [0.25, 0.3) is 11.3 Å². The van der Waals surface area contributed by atoms with Crippen molar-refractivity contribution in [1.29, 1.82) is 0 Å². The number of benzene rings is 1. The fourth-order valence-corrected chi connectivity index (χ4v) is 6.91. The Bertz CT molecular complexity index is 1210. The minimum absolute atomic E-state index is 0.0823. The molecule has 1 aromatic carbocycles. The predicted octanol–water partition coefficient (Wildman–Crippen LogP) is 4.53. The molecule has 0 bridgehead atoms. The number of fused-ring (bicyclic) bond motifs is 3. The van der Waals surface area contributed by atoms with Crippen LogP contribution < -0.4 is 10.0 Å². The molecule has 9 heteroatoms. The van der Waals surface area contributed by atoms with Crippen LogP contribution in [0.3, 0.4) is 0 Å². The molecule has 1 saturated carbocycles. The Labute approximate surface area is 191 Å². The lowest BCUT2D eigenvalue weighted by molar-refractivity contribution is 0.387. The summed E-state index contributed by atoms with van der Waals surface area (Å²) in [5.41, 5.74) is 2.97. The van der Waals surface area contributed by atoms with E-state index >= 15 is 0 Å². The highest BCUT2D eigenvalue weighted by Crippen LogP contribution is 2.38. The van der Waals surface area contributed by atoms with Gasteiger partial charge in [-0.25, -0.2) is 22.5 Å². The van der Waals surface area contributed by atoms with Gasteiger partial charge in [0.1, 0.15) is 10.7 Å². The summed E-state index contributed by atoms with van der Waals surface area (Å²) in [4.78, 5) is 10.1. The highest BCUT2D eigenvalue weighted by Gasteiger charge is 2.27. The summed E-state index contributed by atoms with van der Waals surface area (Å²) in [5.74, 6) is -0.230. The summed E-state index contributed by atoms with van der Waals surface area (Å²) in [6.45, 7) is 0. The maximum Gasteiger partial charge on any atom is 0.242 e. The van der Waals surface area contributed by atoms with E-state index in [1.807, 2.05) is 6.07 Å². The number of hydrogen-bond donors (Lipinski definition) is 2. The monoisotopic (exact) mass is 472 g/mol. The topological polar surface area (TPSA) is 84.0 Å². The van der Waals surface area contributed by atoms with Crippen LogP contribution in [-0.4, -0.2) is 30.5 Å². The number of aryl methyl sites for hydroxylation is 2. The van der Waals surface area contributed by atoms with Gasteiger partial charge in [-0.3, -0.25) is 4.98 Å². The van der Waals surface area contributed by atoms with Crippen LogP contribution in [0.15, 0.2) is 47.6 Å². The average Bonchev–Trinajstić information content (AvgIpc) is 3.11. The number of halogens is 1. The SMILES string of the molecule is O=S(=O)(N[C@H]1CC[C@H](Nc2nc3c(s2)CCCc2ccc(F)cc2-3)CC1)c1cccnc1. The Morgan fingerprint density at radius 1 is 1.06 bits per heavy atom. The highest BCUT2D eigenvalue weighted by molar-refractivity contribution is 7.89. The van der Waals surface area contributed by atoms with E-state index in [4.69, 9.17) is 4.98 Å². The second kappa shape index (κ2) is 8.88. The van der Waals surface area contributed by atoms with Crippen molar-refractivity contribution in [1.82, 2.24) is 14.7 Å². The molecular weight excluding hydrogens is 447 g/mol. The first kappa shape index (κ1) is 21.5. The Kier molecular flexibility index (Phi) is 5.96. The molecule has 0 unspecified atom stereocenters. The normalized spacial score (nSPS) is 20.8. The molecule has 3 aromatic rings. The summed E-state index contributed by atoms with van der Waals surface area (Å²) in [6.07, 6.45) is 9.09. The summed E-state index contributed by atoms with van der Waals surface area (Å²) >= 11 is 1.66. The fraction of sp³-hybridized carbons (Fsp3) is 0.391. The number of anilines is 1. The van der Waals surface area contributed by atoms with Gasteiger partial charge in [-0.15, -0.1) is 11.3 Å². The molecule has 168 valence electrons. The number of nitrogens with one attached hydrogen (secondary N) is 2. The molecule has 0 aliphatic heterocycles. The van der Waals surface area contributed by atoms with Gasteiger partial charge >= 0.3 is 0 Å². The second-order valence-electron chi connectivity index (χ2n) is 8.45. The highest BCUT2D eigenvalue weighted by atomic mass is 32.2. The third-order valence-corrected chi connectivity index (χ3v) is 8.75. The van der Waals surface area contributed by atoms with Crippen LogP contribution in [0.4, 0.5) is 9.52 Å². The molecule has 0 spiro atoms. The van der Waals surface area contributed by atoms with E-state index in [1.54, 1.807) is 35.7 Å². The molecule has 6 nitrogen and oxygen atoms in total. The Morgan fingerprint density at radius 3 is 2.66 bits per heavy atom. The molecule has 0 atom stereocenters. The van der Waals surface area contributed by atoms with Crippen molar-refractivity contribution >= 4 is 26.5 Å². The van der Waals surface area contributed by atoms with Crippen LogP contribution in [0.1, 0.15) is 42.5 Å². The average molecular weight is 473 g/mol. The molecule has 2 aliphatic rings. The maximum atomic E-state index is 13.9. The molecule has 2 N–H and O–H groups in total. The smallest absolute Gasteiger partial charge is 0.242 e. The standard InChI is InChI=1S/C23H25FN4O2S2/c24-16-7-6-15-3-1-5-21-22(20(15)13-16)27-23(31-21)26-17-8-10-18(11-9-17)28-32(29,30)19-4-2-12-25-14-19/h2,4,6-7,12-14,17-18,28H,1,3,5,8-11H2,(H,26,27)/t17-,18-. The number of sulfonamides is 1. The number of rotatable bonds is 5. The van der Waals surface area contributed by atoms with Crippen molar-refractivity contribution in [3.05, 3.63) is 59.0 Å².